The summed E-state index contributed by atoms with van der Waals surface area (Å²) in [6.07, 6.45) is 6.59. The number of carbonyl (C=O) groups is 1. The van der Waals surface area contributed by atoms with E-state index in [2.05, 4.69) is 15.4 Å². The van der Waals surface area contributed by atoms with Gasteiger partial charge < -0.3 is 10.2 Å². The molecule has 1 aromatic carbocycles. The van der Waals surface area contributed by atoms with Gasteiger partial charge in [-0.15, -0.1) is 0 Å². The molecule has 0 spiro atoms. The van der Waals surface area contributed by atoms with Crippen molar-refractivity contribution in [3.63, 3.8) is 0 Å². The molecule has 22 heavy (non-hydrogen) atoms. The average Bonchev–Trinajstić information content (AvgIpc) is 3.17. The predicted molar refractivity (Wildman–Crippen MR) is 81.8 cm³/mol. The SMILES string of the molecule is O=C(c1cccc(-n2cncn2)c1)N1CCC2CCC(C1)N2. The van der Waals surface area contributed by atoms with Gasteiger partial charge in [-0.1, -0.05) is 6.07 Å². The molecule has 6 nitrogen and oxygen atoms in total. The molecule has 2 atom stereocenters. The summed E-state index contributed by atoms with van der Waals surface area (Å²) in [4.78, 5) is 18.7. The summed E-state index contributed by atoms with van der Waals surface area (Å²) in [6.45, 7) is 1.64. The number of rotatable bonds is 2. The third-order valence-electron chi connectivity index (χ3n) is 4.59. The van der Waals surface area contributed by atoms with E-state index >= 15 is 0 Å². The normalized spacial score (nSPS) is 24.3. The first-order valence-electron chi connectivity index (χ1n) is 7.80. The van der Waals surface area contributed by atoms with Crippen LogP contribution < -0.4 is 5.32 Å². The Bertz CT molecular complexity index is 669. The predicted octanol–water partition coefficient (Wildman–Crippen LogP) is 1.23. The van der Waals surface area contributed by atoms with E-state index in [0.29, 0.717) is 17.6 Å². The number of hydrogen-bond donors (Lipinski definition) is 1. The van der Waals surface area contributed by atoms with E-state index < -0.39 is 0 Å². The summed E-state index contributed by atoms with van der Waals surface area (Å²) < 4.78 is 1.67. The number of fused-ring (bicyclic) bond motifs is 2. The quantitative estimate of drug-likeness (QED) is 0.906. The van der Waals surface area contributed by atoms with Crippen LogP contribution in [-0.4, -0.2) is 50.7 Å². The molecule has 1 amide bonds. The molecule has 1 N–H and O–H groups in total. The second-order valence-corrected chi connectivity index (χ2v) is 6.07. The topological polar surface area (TPSA) is 63.1 Å². The van der Waals surface area contributed by atoms with Gasteiger partial charge in [0.05, 0.1) is 5.69 Å². The lowest BCUT2D eigenvalue weighted by molar-refractivity contribution is 0.0748. The lowest BCUT2D eigenvalue weighted by atomic mass is 10.1. The van der Waals surface area contributed by atoms with Crippen LogP contribution in [-0.2, 0) is 0 Å². The molecular formula is C16H19N5O. The molecule has 6 heteroatoms. The third kappa shape index (κ3) is 2.50. The molecule has 1 aromatic heterocycles. The highest BCUT2D eigenvalue weighted by Gasteiger charge is 2.31. The molecule has 2 unspecified atom stereocenters. The minimum Gasteiger partial charge on any atom is -0.337 e. The summed E-state index contributed by atoms with van der Waals surface area (Å²) in [5.74, 6) is 0.108. The van der Waals surface area contributed by atoms with Crippen LogP contribution in [0.5, 0.6) is 0 Å². The van der Waals surface area contributed by atoms with Gasteiger partial charge in [0.1, 0.15) is 12.7 Å². The Balaban J connectivity index is 1.56. The van der Waals surface area contributed by atoms with Crippen LogP contribution >= 0.6 is 0 Å². The first kappa shape index (κ1) is 13.5. The third-order valence-corrected chi connectivity index (χ3v) is 4.59. The Hall–Kier alpha value is -2.21. The van der Waals surface area contributed by atoms with Gasteiger partial charge in [0, 0.05) is 30.7 Å². The number of benzene rings is 1. The lowest BCUT2D eigenvalue weighted by Gasteiger charge is -2.24. The average molecular weight is 297 g/mol. The number of hydrogen-bond acceptors (Lipinski definition) is 4. The zero-order valence-electron chi connectivity index (χ0n) is 12.4. The van der Waals surface area contributed by atoms with Crippen LogP contribution in [0.4, 0.5) is 0 Å². The number of likely N-dealkylation sites (tertiary alicyclic amines) is 1. The van der Waals surface area contributed by atoms with Crippen LogP contribution in [0.15, 0.2) is 36.9 Å². The number of nitrogens with zero attached hydrogens (tertiary/aromatic N) is 4. The van der Waals surface area contributed by atoms with E-state index in [0.717, 1.165) is 25.2 Å². The van der Waals surface area contributed by atoms with Gasteiger partial charge in [0.2, 0.25) is 0 Å². The number of aromatic nitrogens is 3. The first-order chi connectivity index (χ1) is 10.8. The standard InChI is InChI=1S/C16H19N5O/c22-16(20-7-6-13-4-5-14(9-20)19-13)12-2-1-3-15(8-12)21-11-17-10-18-21/h1-3,8,10-11,13-14,19H,4-7,9H2. The number of amides is 1. The molecular weight excluding hydrogens is 278 g/mol. The van der Waals surface area contributed by atoms with Crippen molar-refractivity contribution in [1.82, 2.24) is 25.0 Å². The maximum Gasteiger partial charge on any atom is 0.253 e. The van der Waals surface area contributed by atoms with Gasteiger partial charge in [-0.05, 0) is 37.5 Å². The van der Waals surface area contributed by atoms with Gasteiger partial charge >= 0.3 is 0 Å². The second-order valence-electron chi connectivity index (χ2n) is 6.07. The molecule has 2 fully saturated rings. The second kappa shape index (κ2) is 5.53. The molecule has 114 valence electrons. The molecule has 2 bridgehead atoms. The zero-order valence-corrected chi connectivity index (χ0v) is 12.4. The van der Waals surface area contributed by atoms with E-state index in [1.54, 1.807) is 11.0 Å². The van der Waals surface area contributed by atoms with Crippen LogP contribution in [0.1, 0.15) is 29.6 Å². The summed E-state index contributed by atoms with van der Waals surface area (Å²) in [5, 5.41) is 7.72. The number of carbonyl (C=O) groups excluding carboxylic acids is 1. The van der Waals surface area contributed by atoms with Crippen molar-refractivity contribution >= 4 is 5.91 Å². The lowest BCUT2D eigenvalue weighted by Crippen LogP contribution is -2.39. The highest BCUT2D eigenvalue weighted by molar-refractivity contribution is 5.94. The largest absolute Gasteiger partial charge is 0.337 e. The van der Waals surface area contributed by atoms with Crippen molar-refractivity contribution in [3.05, 3.63) is 42.5 Å². The van der Waals surface area contributed by atoms with Gasteiger partial charge in [0.25, 0.3) is 5.91 Å². The molecule has 2 aromatic rings. The fourth-order valence-electron chi connectivity index (χ4n) is 3.43. The van der Waals surface area contributed by atoms with Crippen LogP contribution in [0.2, 0.25) is 0 Å². The van der Waals surface area contributed by atoms with E-state index in [-0.39, 0.29) is 5.91 Å². The molecule has 2 aliphatic rings. The van der Waals surface area contributed by atoms with Crippen LogP contribution in [0.25, 0.3) is 5.69 Å². The van der Waals surface area contributed by atoms with Crippen LogP contribution in [0, 0.1) is 0 Å². The summed E-state index contributed by atoms with van der Waals surface area (Å²) in [5.41, 5.74) is 1.57. The van der Waals surface area contributed by atoms with E-state index in [1.807, 2.05) is 29.2 Å². The fraction of sp³-hybridized carbons (Fsp3) is 0.438. The van der Waals surface area contributed by atoms with E-state index in [1.165, 1.54) is 19.2 Å². The summed E-state index contributed by atoms with van der Waals surface area (Å²) in [7, 11) is 0. The van der Waals surface area contributed by atoms with E-state index in [9.17, 15) is 4.79 Å². The van der Waals surface area contributed by atoms with Crippen molar-refractivity contribution < 1.29 is 4.79 Å². The number of nitrogens with one attached hydrogen (secondary N) is 1. The molecule has 2 aliphatic heterocycles. The van der Waals surface area contributed by atoms with Crippen LogP contribution in [0.3, 0.4) is 0 Å². The Morgan fingerprint density at radius 2 is 2.14 bits per heavy atom. The van der Waals surface area contributed by atoms with Gasteiger partial charge in [-0.25, -0.2) is 9.67 Å². The van der Waals surface area contributed by atoms with Gasteiger partial charge in [0.15, 0.2) is 0 Å². The highest BCUT2D eigenvalue weighted by atomic mass is 16.2. The van der Waals surface area contributed by atoms with Crippen molar-refractivity contribution in [2.75, 3.05) is 13.1 Å². The van der Waals surface area contributed by atoms with Crippen molar-refractivity contribution in [3.8, 4) is 5.69 Å². The molecule has 0 radical (unpaired) electrons. The smallest absolute Gasteiger partial charge is 0.253 e. The molecule has 0 saturated carbocycles. The maximum atomic E-state index is 12.8. The summed E-state index contributed by atoms with van der Waals surface area (Å²) in [6, 6.07) is 8.62. The Morgan fingerprint density at radius 1 is 1.23 bits per heavy atom. The fourth-order valence-corrected chi connectivity index (χ4v) is 3.43. The molecule has 0 aliphatic carbocycles. The first-order valence-corrected chi connectivity index (χ1v) is 7.80. The highest BCUT2D eigenvalue weighted by Crippen LogP contribution is 2.22. The monoisotopic (exact) mass is 297 g/mol. The summed E-state index contributed by atoms with van der Waals surface area (Å²) >= 11 is 0. The van der Waals surface area contributed by atoms with Gasteiger partial charge in [-0.2, -0.15) is 5.10 Å². The minimum atomic E-state index is 0.108. The molecule has 2 saturated heterocycles. The Labute approximate surface area is 129 Å². The van der Waals surface area contributed by atoms with Crippen molar-refractivity contribution in [1.29, 1.82) is 0 Å². The van der Waals surface area contributed by atoms with Gasteiger partial charge in [-0.3, -0.25) is 4.79 Å². The molecule has 3 heterocycles. The zero-order chi connectivity index (χ0) is 14.9. The van der Waals surface area contributed by atoms with Crippen molar-refractivity contribution in [2.24, 2.45) is 0 Å². The maximum absolute atomic E-state index is 12.8. The molecule has 4 rings (SSSR count). The Kier molecular flexibility index (Phi) is 3.38. The Morgan fingerprint density at radius 3 is 3.00 bits per heavy atom. The van der Waals surface area contributed by atoms with Crippen molar-refractivity contribution in [2.45, 2.75) is 31.3 Å². The van der Waals surface area contributed by atoms with E-state index in [4.69, 9.17) is 0 Å². The minimum absolute atomic E-state index is 0.108.